The SMILES string of the molecule is CN(c1ccncc1)S(=O)(=O)c1ccc(Cl)c(N2C(=O)Cc3csc(C(=O)O)c3C2=O)c1. The summed E-state index contributed by atoms with van der Waals surface area (Å²) in [6.45, 7) is 0. The molecule has 2 aromatic heterocycles. The number of rotatable bonds is 5. The van der Waals surface area contributed by atoms with Gasteiger partial charge in [0.15, 0.2) is 0 Å². The number of thiophene rings is 1. The smallest absolute Gasteiger partial charge is 0.346 e. The molecule has 0 bridgehead atoms. The van der Waals surface area contributed by atoms with Crippen LogP contribution in [0.3, 0.4) is 0 Å². The maximum Gasteiger partial charge on any atom is 0.346 e. The van der Waals surface area contributed by atoms with Crippen LogP contribution in [0.4, 0.5) is 11.4 Å². The summed E-state index contributed by atoms with van der Waals surface area (Å²) in [4.78, 5) is 41.6. The van der Waals surface area contributed by atoms with Crippen molar-refractivity contribution in [2.75, 3.05) is 16.3 Å². The number of carbonyl (C=O) groups excluding carboxylic acids is 2. The van der Waals surface area contributed by atoms with E-state index in [0.29, 0.717) is 11.3 Å². The minimum Gasteiger partial charge on any atom is -0.477 e. The third-order valence-corrected chi connectivity index (χ3v) is 8.03. The van der Waals surface area contributed by atoms with E-state index in [1.165, 1.54) is 49.1 Å². The molecule has 0 spiro atoms. The Bertz CT molecular complexity index is 1370. The predicted octanol–water partition coefficient (Wildman–Crippen LogP) is 3.05. The molecule has 32 heavy (non-hydrogen) atoms. The second kappa shape index (κ2) is 8.01. The summed E-state index contributed by atoms with van der Waals surface area (Å²) in [5, 5.41) is 10.8. The van der Waals surface area contributed by atoms with Gasteiger partial charge in [0.05, 0.1) is 33.3 Å². The van der Waals surface area contributed by atoms with Crippen LogP contribution in [-0.4, -0.2) is 43.3 Å². The third-order valence-electron chi connectivity index (χ3n) is 4.91. The van der Waals surface area contributed by atoms with Crippen molar-refractivity contribution < 1.29 is 27.9 Å². The molecule has 0 atom stereocenters. The third kappa shape index (κ3) is 3.53. The molecular formula is C20H14ClN3O6S2. The lowest BCUT2D eigenvalue weighted by molar-refractivity contribution is -0.117. The van der Waals surface area contributed by atoms with Gasteiger partial charge in [-0.1, -0.05) is 11.6 Å². The second-order valence-electron chi connectivity index (χ2n) is 6.77. The molecule has 1 aliphatic heterocycles. The highest BCUT2D eigenvalue weighted by molar-refractivity contribution is 7.92. The van der Waals surface area contributed by atoms with E-state index in [4.69, 9.17) is 11.6 Å². The number of halogens is 1. The van der Waals surface area contributed by atoms with Crippen LogP contribution >= 0.6 is 22.9 Å². The summed E-state index contributed by atoms with van der Waals surface area (Å²) < 4.78 is 27.3. The van der Waals surface area contributed by atoms with Crippen molar-refractivity contribution >= 4 is 62.1 Å². The van der Waals surface area contributed by atoms with Crippen LogP contribution in [-0.2, 0) is 21.2 Å². The van der Waals surface area contributed by atoms with Gasteiger partial charge in [0.1, 0.15) is 4.88 Å². The molecule has 0 unspecified atom stereocenters. The summed E-state index contributed by atoms with van der Waals surface area (Å²) in [6, 6.07) is 6.68. The van der Waals surface area contributed by atoms with Gasteiger partial charge >= 0.3 is 5.97 Å². The van der Waals surface area contributed by atoms with E-state index in [9.17, 15) is 27.9 Å². The standard InChI is InChI=1S/C20H14ClN3O6S2/c1-23(12-4-6-22-7-5-12)32(29,30)13-2-3-14(21)15(9-13)24-16(25)8-11-10-31-18(20(27)28)17(11)19(24)26/h2-7,9-10H,8H2,1H3,(H,27,28). The second-order valence-corrected chi connectivity index (χ2v) is 10.0. The fourth-order valence-electron chi connectivity index (χ4n) is 3.30. The molecule has 12 heteroatoms. The van der Waals surface area contributed by atoms with Crippen molar-refractivity contribution in [2.45, 2.75) is 11.3 Å². The Morgan fingerprint density at radius 1 is 1.22 bits per heavy atom. The van der Waals surface area contributed by atoms with Crippen molar-refractivity contribution in [1.82, 2.24) is 4.98 Å². The Labute approximate surface area is 191 Å². The van der Waals surface area contributed by atoms with Gasteiger partial charge in [0.25, 0.3) is 15.9 Å². The number of anilines is 2. The molecule has 0 saturated heterocycles. The molecule has 1 aliphatic rings. The average Bonchev–Trinajstić information content (AvgIpc) is 3.19. The number of fused-ring (bicyclic) bond motifs is 1. The lowest BCUT2D eigenvalue weighted by Gasteiger charge is -2.27. The first kappa shape index (κ1) is 21.9. The lowest BCUT2D eigenvalue weighted by Crippen LogP contribution is -2.43. The number of amides is 2. The number of pyridine rings is 1. The van der Waals surface area contributed by atoms with E-state index in [0.717, 1.165) is 26.6 Å². The van der Waals surface area contributed by atoms with Gasteiger partial charge in [-0.05, 0) is 41.3 Å². The van der Waals surface area contributed by atoms with Crippen LogP contribution in [0.15, 0.2) is 53.0 Å². The minimum absolute atomic E-state index is 0.0345. The monoisotopic (exact) mass is 491 g/mol. The van der Waals surface area contributed by atoms with E-state index in [1.54, 1.807) is 0 Å². The van der Waals surface area contributed by atoms with Gasteiger partial charge in [-0.3, -0.25) is 18.9 Å². The zero-order valence-corrected chi connectivity index (χ0v) is 18.7. The fourth-order valence-corrected chi connectivity index (χ4v) is 5.62. The minimum atomic E-state index is -4.07. The Kier molecular flexibility index (Phi) is 5.49. The number of aromatic carboxylic acids is 1. The van der Waals surface area contributed by atoms with Crippen LogP contribution in [0.5, 0.6) is 0 Å². The number of carboxylic acid groups (broad SMARTS) is 1. The molecule has 9 nitrogen and oxygen atoms in total. The topological polar surface area (TPSA) is 125 Å². The number of aromatic nitrogens is 1. The molecule has 0 aliphatic carbocycles. The van der Waals surface area contributed by atoms with Gasteiger partial charge in [0.2, 0.25) is 5.91 Å². The number of imide groups is 1. The van der Waals surface area contributed by atoms with Gasteiger partial charge in [0, 0.05) is 19.4 Å². The maximum absolute atomic E-state index is 13.1. The summed E-state index contributed by atoms with van der Waals surface area (Å²) in [5.41, 5.74) is 0.436. The highest BCUT2D eigenvalue weighted by Gasteiger charge is 2.38. The first-order valence-electron chi connectivity index (χ1n) is 9.02. The van der Waals surface area contributed by atoms with Crippen LogP contribution in [0.25, 0.3) is 0 Å². The molecule has 1 N–H and O–H groups in total. The number of hydrogen-bond acceptors (Lipinski definition) is 7. The summed E-state index contributed by atoms with van der Waals surface area (Å²) in [5.74, 6) is -2.80. The Balaban J connectivity index is 1.79. The van der Waals surface area contributed by atoms with E-state index in [-0.39, 0.29) is 32.5 Å². The zero-order chi connectivity index (χ0) is 23.2. The molecule has 164 valence electrons. The first-order chi connectivity index (χ1) is 15.1. The van der Waals surface area contributed by atoms with Gasteiger partial charge in [-0.2, -0.15) is 0 Å². The number of carboxylic acids is 1. The molecule has 0 fully saturated rings. The fraction of sp³-hybridized carbons (Fsp3) is 0.100. The predicted molar refractivity (Wildman–Crippen MR) is 118 cm³/mol. The average molecular weight is 492 g/mol. The summed E-state index contributed by atoms with van der Waals surface area (Å²) in [7, 11) is -2.72. The van der Waals surface area contributed by atoms with Gasteiger partial charge < -0.3 is 5.11 Å². The number of nitrogens with zero attached hydrogens (tertiary/aromatic N) is 3. The molecule has 0 saturated carbocycles. The van der Waals surface area contributed by atoms with E-state index in [2.05, 4.69) is 4.98 Å². The number of sulfonamides is 1. The van der Waals surface area contributed by atoms with Crippen molar-refractivity contribution in [2.24, 2.45) is 0 Å². The van der Waals surface area contributed by atoms with Crippen LogP contribution < -0.4 is 9.21 Å². The largest absolute Gasteiger partial charge is 0.477 e. The quantitative estimate of drug-likeness (QED) is 0.544. The molecular weight excluding hydrogens is 478 g/mol. The normalized spacial score (nSPS) is 13.8. The van der Waals surface area contributed by atoms with Crippen LogP contribution in [0.1, 0.15) is 25.6 Å². The Hall–Kier alpha value is -3.28. The van der Waals surface area contributed by atoms with E-state index >= 15 is 0 Å². The van der Waals surface area contributed by atoms with Gasteiger partial charge in [-0.25, -0.2) is 18.1 Å². The van der Waals surface area contributed by atoms with Crippen molar-refractivity contribution in [3.63, 3.8) is 0 Å². The maximum atomic E-state index is 13.1. The Morgan fingerprint density at radius 3 is 2.56 bits per heavy atom. The number of benzene rings is 1. The first-order valence-corrected chi connectivity index (χ1v) is 11.7. The highest BCUT2D eigenvalue weighted by atomic mass is 35.5. The summed E-state index contributed by atoms with van der Waals surface area (Å²) in [6.07, 6.45) is 2.67. The number of carbonyl (C=O) groups is 3. The van der Waals surface area contributed by atoms with E-state index < -0.39 is 27.8 Å². The van der Waals surface area contributed by atoms with Crippen molar-refractivity contribution in [3.8, 4) is 0 Å². The zero-order valence-electron chi connectivity index (χ0n) is 16.4. The van der Waals surface area contributed by atoms with E-state index in [1.807, 2.05) is 0 Å². The van der Waals surface area contributed by atoms with Crippen LogP contribution in [0, 0.1) is 0 Å². The molecule has 4 rings (SSSR count). The number of hydrogen-bond donors (Lipinski definition) is 1. The summed E-state index contributed by atoms with van der Waals surface area (Å²) >= 11 is 7.08. The van der Waals surface area contributed by atoms with Crippen molar-refractivity contribution in [1.29, 1.82) is 0 Å². The molecule has 1 aromatic carbocycles. The Morgan fingerprint density at radius 2 is 1.91 bits per heavy atom. The van der Waals surface area contributed by atoms with Gasteiger partial charge in [-0.15, -0.1) is 11.3 Å². The molecule has 3 heterocycles. The molecule has 2 amide bonds. The molecule has 3 aromatic rings. The lowest BCUT2D eigenvalue weighted by atomic mass is 10.0. The molecule has 0 radical (unpaired) electrons. The van der Waals surface area contributed by atoms with Crippen molar-refractivity contribution in [3.05, 3.63) is 69.1 Å². The van der Waals surface area contributed by atoms with Crippen LogP contribution in [0.2, 0.25) is 5.02 Å². The highest BCUT2D eigenvalue weighted by Crippen LogP contribution is 2.36.